The standard InChI is InChI=1S/C19H17N5O6S/c1-3-29-12-5-6-13(14(9-12)24(27)28)23-15(25)10-30-19(26)16-11(2)22-18(31-16)17-20-7-4-8-21-17/h4-9H,3,10H2,1-2H3,(H,23,25). The molecule has 1 amide bonds. The van der Waals surface area contributed by atoms with Gasteiger partial charge in [-0.05, 0) is 32.0 Å². The van der Waals surface area contributed by atoms with E-state index in [1.54, 1.807) is 32.3 Å². The molecule has 1 aromatic carbocycles. The van der Waals surface area contributed by atoms with Crippen molar-refractivity contribution in [2.75, 3.05) is 18.5 Å². The Morgan fingerprint density at radius 2 is 2.00 bits per heavy atom. The number of nitrogens with zero attached hydrogens (tertiary/aromatic N) is 4. The van der Waals surface area contributed by atoms with Crippen LogP contribution < -0.4 is 10.1 Å². The number of nitro benzene ring substituents is 1. The number of nitrogens with one attached hydrogen (secondary N) is 1. The van der Waals surface area contributed by atoms with Gasteiger partial charge in [0.2, 0.25) is 0 Å². The third-order valence-electron chi connectivity index (χ3n) is 3.82. The van der Waals surface area contributed by atoms with Gasteiger partial charge in [-0.3, -0.25) is 14.9 Å². The highest BCUT2D eigenvalue weighted by Gasteiger charge is 2.21. The van der Waals surface area contributed by atoms with Crippen molar-refractivity contribution >= 4 is 34.6 Å². The number of nitro groups is 1. The molecule has 0 bridgehead atoms. The molecule has 0 unspecified atom stereocenters. The first kappa shape index (κ1) is 21.8. The Hall–Kier alpha value is -3.93. The zero-order chi connectivity index (χ0) is 22.4. The van der Waals surface area contributed by atoms with Gasteiger partial charge in [0.25, 0.3) is 11.6 Å². The molecule has 0 spiro atoms. The maximum absolute atomic E-state index is 12.4. The number of anilines is 1. The van der Waals surface area contributed by atoms with E-state index in [0.717, 1.165) is 11.3 Å². The molecule has 1 N–H and O–H groups in total. The summed E-state index contributed by atoms with van der Waals surface area (Å²) in [4.78, 5) is 47.8. The van der Waals surface area contributed by atoms with Crippen molar-refractivity contribution in [3.8, 4) is 16.6 Å². The first-order chi connectivity index (χ1) is 14.9. The number of benzene rings is 1. The highest BCUT2D eigenvalue weighted by molar-refractivity contribution is 7.16. The molecule has 0 fully saturated rings. The van der Waals surface area contributed by atoms with Crippen molar-refractivity contribution in [2.24, 2.45) is 0 Å². The van der Waals surface area contributed by atoms with Crippen LogP contribution in [0.1, 0.15) is 22.3 Å². The first-order valence-corrected chi connectivity index (χ1v) is 9.83. The number of esters is 1. The van der Waals surface area contributed by atoms with E-state index in [4.69, 9.17) is 9.47 Å². The topological polar surface area (TPSA) is 146 Å². The largest absolute Gasteiger partial charge is 0.494 e. The molecule has 0 saturated heterocycles. The monoisotopic (exact) mass is 443 g/mol. The zero-order valence-electron chi connectivity index (χ0n) is 16.5. The quantitative estimate of drug-likeness (QED) is 0.315. The van der Waals surface area contributed by atoms with Gasteiger partial charge in [0.1, 0.15) is 16.3 Å². The molecule has 160 valence electrons. The molecule has 3 rings (SSSR count). The van der Waals surface area contributed by atoms with E-state index >= 15 is 0 Å². The summed E-state index contributed by atoms with van der Waals surface area (Å²) in [6, 6.07) is 5.71. The summed E-state index contributed by atoms with van der Waals surface area (Å²) in [6.45, 7) is 3.09. The summed E-state index contributed by atoms with van der Waals surface area (Å²) in [7, 11) is 0. The molecule has 2 aromatic heterocycles. The number of carbonyl (C=O) groups is 2. The minimum absolute atomic E-state index is 0.0352. The molecule has 2 heterocycles. The summed E-state index contributed by atoms with van der Waals surface area (Å²) in [5.74, 6) is -0.796. The Kier molecular flexibility index (Phi) is 6.82. The van der Waals surface area contributed by atoms with Crippen LogP contribution >= 0.6 is 11.3 Å². The van der Waals surface area contributed by atoms with Gasteiger partial charge in [0.05, 0.1) is 23.3 Å². The van der Waals surface area contributed by atoms with Crippen LogP contribution in [0.2, 0.25) is 0 Å². The number of amides is 1. The van der Waals surface area contributed by atoms with Crippen LogP contribution in [0.15, 0.2) is 36.7 Å². The minimum Gasteiger partial charge on any atom is -0.494 e. The second kappa shape index (κ2) is 9.71. The molecule has 31 heavy (non-hydrogen) atoms. The van der Waals surface area contributed by atoms with Gasteiger partial charge in [-0.15, -0.1) is 11.3 Å². The van der Waals surface area contributed by atoms with Crippen molar-refractivity contribution < 1.29 is 24.0 Å². The number of thiazole rings is 1. The van der Waals surface area contributed by atoms with E-state index in [1.807, 2.05) is 0 Å². The number of carbonyl (C=O) groups excluding carboxylic acids is 2. The molecule has 11 nitrogen and oxygen atoms in total. The lowest BCUT2D eigenvalue weighted by atomic mass is 10.2. The predicted molar refractivity (Wildman–Crippen MR) is 111 cm³/mol. The van der Waals surface area contributed by atoms with Crippen molar-refractivity contribution in [3.05, 3.63) is 57.3 Å². The number of hydrogen-bond donors (Lipinski definition) is 1. The van der Waals surface area contributed by atoms with Crippen LogP contribution in [0.5, 0.6) is 5.75 Å². The third-order valence-corrected chi connectivity index (χ3v) is 4.96. The minimum atomic E-state index is -0.742. The van der Waals surface area contributed by atoms with Crippen LogP contribution in [0, 0.1) is 17.0 Å². The smallest absolute Gasteiger partial charge is 0.350 e. The van der Waals surface area contributed by atoms with Gasteiger partial charge in [0.15, 0.2) is 17.4 Å². The Morgan fingerprint density at radius 3 is 2.68 bits per heavy atom. The average Bonchev–Trinajstić information content (AvgIpc) is 3.15. The van der Waals surface area contributed by atoms with E-state index in [1.165, 1.54) is 18.2 Å². The number of rotatable bonds is 8. The van der Waals surface area contributed by atoms with Crippen LogP contribution in [0.3, 0.4) is 0 Å². The highest BCUT2D eigenvalue weighted by atomic mass is 32.1. The van der Waals surface area contributed by atoms with Crippen LogP contribution in [-0.4, -0.2) is 45.0 Å². The summed E-state index contributed by atoms with van der Waals surface area (Å²) >= 11 is 1.04. The summed E-state index contributed by atoms with van der Waals surface area (Å²) in [5, 5.41) is 14.1. The molecule has 0 saturated carbocycles. The van der Waals surface area contributed by atoms with Gasteiger partial charge in [-0.25, -0.2) is 19.7 Å². The second-order valence-corrected chi connectivity index (χ2v) is 7.00. The summed E-state index contributed by atoms with van der Waals surface area (Å²) in [6.07, 6.45) is 3.11. The molecule has 0 aliphatic rings. The van der Waals surface area contributed by atoms with Gasteiger partial charge < -0.3 is 14.8 Å². The van der Waals surface area contributed by atoms with E-state index < -0.39 is 23.4 Å². The Balaban J connectivity index is 1.64. The van der Waals surface area contributed by atoms with Crippen molar-refractivity contribution in [1.82, 2.24) is 15.0 Å². The predicted octanol–water partition coefficient (Wildman–Crippen LogP) is 3.01. The number of hydrogen-bond acceptors (Lipinski definition) is 10. The SMILES string of the molecule is CCOc1ccc(NC(=O)COC(=O)c2sc(-c3ncccn3)nc2C)c([N+](=O)[O-])c1. The van der Waals surface area contributed by atoms with Crippen LogP contribution in [0.4, 0.5) is 11.4 Å². The third kappa shape index (κ3) is 5.36. The zero-order valence-corrected chi connectivity index (χ0v) is 17.3. The fourth-order valence-corrected chi connectivity index (χ4v) is 3.41. The number of ether oxygens (including phenoxy) is 2. The summed E-state index contributed by atoms with van der Waals surface area (Å²) < 4.78 is 10.3. The van der Waals surface area contributed by atoms with Crippen LogP contribution in [0.25, 0.3) is 10.8 Å². The normalized spacial score (nSPS) is 10.4. The molecule has 0 atom stereocenters. The van der Waals surface area contributed by atoms with Crippen molar-refractivity contribution in [1.29, 1.82) is 0 Å². The molecule has 0 aliphatic heterocycles. The Bertz CT molecular complexity index is 1120. The maximum atomic E-state index is 12.4. The molecular weight excluding hydrogens is 426 g/mol. The lowest BCUT2D eigenvalue weighted by Crippen LogP contribution is -2.21. The number of aromatic nitrogens is 3. The molecule has 12 heteroatoms. The molecule has 3 aromatic rings. The fraction of sp³-hybridized carbons (Fsp3) is 0.211. The summed E-state index contributed by atoms with van der Waals surface area (Å²) in [5.41, 5.74) is 0.0448. The second-order valence-electron chi connectivity index (χ2n) is 6.00. The van der Waals surface area contributed by atoms with Gasteiger partial charge >= 0.3 is 5.97 Å². The molecule has 0 aliphatic carbocycles. The van der Waals surface area contributed by atoms with Gasteiger partial charge in [-0.1, -0.05) is 0 Å². The van der Waals surface area contributed by atoms with E-state index in [-0.39, 0.29) is 16.3 Å². The van der Waals surface area contributed by atoms with E-state index in [0.29, 0.717) is 28.9 Å². The van der Waals surface area contributed by atoms with Crippen molar-refractivity contribution in [2.45, 2.75) is 13.8 Å². The van der Waals surface area contributed by atoms with Crippen LogP contribution in [-0.2, 0) is 9.53 Å². The van der Waals surface area contributed by atoms with E-state index in [9.17, 15) is 19.7 Å². The first-order valence-electron chi connectivity index (χ1n) is 9.02. The average molecular weight is 443 g/mol. The van der Waals surface area contributed by atoms with Gasteiger partial charge in [0, 0.05) is 12.4 Å². The Labute approximate surface area is 180 Å². The highest BCUT2D eigenvalue weighted by Crippen LogP contribution is 2.29. The number of aryl methyl sites for hydroxylation is 1. The molecular formula is C19H17N5O6S. The fourth-order valence-electron chi connectivity index (χ4n) is 2.50. The Morgan fingerprint density at radius 1 is 1.26 bits per heavy atom. The van der Waals surface area contributed by atoms with Gasteiger partial charge in [-0.2, -0.15) is 0 Å². The van der Waals surface area contributed by atoms with E-state index in [2.05, 4.69) is 20.3 Å². The lowest BCUT2D eigenvalue weighted by molar-refractivity contribution is -0.384. The van der Waals surface area contributed by atoms with Crippen molar-refractivity contribution in [3.63, 3.8) is 0 Å². The lowest BCUT2D eigenvalue weighted by Gasteiger charge is -2.08. The molecule has 0 radical (unpaired) electrons. The maximum Gasteiger partial charge on any atom is 0.350 e.